The first-order chi connectivity index (χ1) is 14.5. The Hall–Kier alpha value is -2.41. The average Bonchev–Trinajstić information content (AvgIpc) is 3.00. The summed E-state index contributed by atoms with van der Waals surface area (Å²) in [5, 5.41) is 3.03. The smallest absolute Gasteiger partial charge is 0.325 e. The van der Waals surface area contributed by atoms with E-state index < -0.39 is 5.54 Å². The molecular formula is C23H32N4O3. The van der Waals surface area contributed by atoms with Crippen molar-refractivity contribution in [1.82, 2.24) is 20.0 Å². The van der Waals surface area contributed by atoms with Crippen LogP contribution in [-0.4, -0.2) is 70.8 Å². The molecule has 0 unspecified atom stereocenters. The third kappa shape index (κ3) is 4.21. The quantitative estimate of drug-likeness (QED) is 0.753. The number of imide groups is 1. The fourth-order valence-corrected chi connectivity index (χ4v) is 4.96. The minimum Gasteiger partial charge on any atom is -0.343 e. The predicted molar refractivity (Wildman–Crippen MR) is 114 cm³/mol. The highest BCUT2D eigenvalue weighted by atomic mass is 16.2. The number of urea groups is 1. The molecule has 162 valence electrons. The SMILES string of the molecule is CCC(=O)N1CCC(CN2C(=O)NC3(CCN(Cc4ccccc4)CC3)C2=O)CC1. The van der Waals surface area contributed by atoms with E-state index in [2.05, 4.69) is 22.3 Å². The van der Waals surface area contributed by atoms with Crippen molar-refractivity contribution in [2.45, 2.75) is 51.1 Å². The third-order valence-electron chi connectivity index (χ3n) is 6.91. The number of nitrogens with zero attached hydrogens (tertiary/aromatic N) is 3. The van der Waals surface area contributed by atoms with Crippen LogP contribution in [0.4, 0.5) is 4.79 Å². The third-order valence-corrected chi connectivity index (χ3v) is 6.91. The summed E-state index contributed by atoms with van der Waals surface area (Å²) in [6, 6.07) is 10.1. The van der Waals surface area contributed by atoms with E-state index >= 15 is 0 Å². The van der Waals surface area contributed by atoms with Crippen LogP contribution in [0.25, 0.3) is 0 Å². The van der Waals surface area contributed by atoms with Gasteiger partial charge in [-0.2, -0.15) is 0 Å². The van der Waals surface area contributed by atoms with E-state index in [9.17, 15) is 14.4 Å². The summed E-state index contributed by atoms with van der Waals surface area (Å²) >= 11 is 0. The molecule has 7 heteroatoms. The van der Waals surface area contributed by atoms with Crippen LogP contribution in [0.2, 0.25) is 0 Å². The Kier molecular flexibility index (Phi) is 6.09. The largest absolute Gasteiger partial charge is 0.343 e. The monoisotopic (exact) mass is 412 g/mol. The molecule has 0 bridgehead atoms. The van der Waals surface area contributed by atoms with Crippen molar-refractivity contribution >= 4 is 17.8 Å². The van der Waals surface area contributed by atoms with Gasteiger partial charge < -0.3 is 10.2 Å². The Morgan fingerprint density at radius 2 is 1.73 bits per heavy atom. The zero-order valence-corrected chi connectivity index (χ0v) is 17.8. The Balaban J connectivity index is 1.31. The predicted octanol–water partition coefficient (Wildman–Crippen LogP) is 2.22. The molecule has 0 aliphatic carbocycles. The van der Waals surface area contributed by atoms with Crippen LogP contribution in [0.5, 0.6) is 0 Å². The van der Waals surface area contributed by atoms with Crippen LogP contribution in [0.15, 0.2) is 30.3 Å². The maximum atomic E-state index is 13.2. The van der Waals surface area contributed by atoms with Crippen molar-refractivity contribution in [1.29, 1.82) is 0 Å². The van der Waals surface area contributed by atoms with E-state index in [1.54, 1.807) is 0 Å². The van der Waals surface area contributed by atoms with Gasteiger partial charge in [-0.15, -0.1) is 0 Å². The van der Waals surface area contributed by atoms with Gasteiger partial charge in [-0.25, -0.2) is 4.79 Å². The van der Waals surface area contributed by atoms with E-state index in [1.807, 2.05) is 30.0 Å². The Bertz CT molecular complexity index is 781. The molecule has 0 atom stereocenters. The van der Waals surface area contributed by atoms with Crippen molar-refractivity contribution in [2.24, 2.45) is 5.92 Å². The van der Waals surface area contributed by atoms with Crippen LogP contribution < -0.4 is 5.32 Å². The maximum Gasteiger partial charge on any atom is 0.325 e. The molecule has 4 amide bonds. The van der Waals surface area contributed by atoms with E-state index in [0.717, 1.165) is 45.6 Å². The van der Waals surface area contributed by atoms with Crippen molar-refractivity contribution in [3.05, 3.63) is 35.9 Å². The van der Waals surface area contributed by atoms with Gasteiger partial charge in [0.15, 0.2) is 0 Å². The Labute approximate surface area is 178 Å². The summed E-state index contributed by atoms with van der Waals surface area (Å²) in [5.74, 6) is 0.400. The first-order valence-corrected chi connectivity index (χ1v) is 11.2. The summed E-state index contributed by atoms with van der Waals surface area (Å²) in [6.45, 7) is 6.26. The number of amides is 4. The zero-order valence-electron chi connectivity index (χ0n) is 17.8. The van der Waals surface area contributed by atoms with Crippen LogP contribution in [0, 0.1) is 5.92 Å². The highest BCUT2D eigenvalue weighted by molar-refractivity contribution is 6.07. The van der Waals surface area contributed by atoms with Gasteiger partial charge >= 0.3 is 6.03 Å². The van der Waals surface area contributed by atoms with Crippen LogP contribution in [0.1, 0.15) is 44.6 Å². The molecule has 1 spiro atoms. The maximum absolute atomic E-state index is 13.2. The molecule has 30 heavy (non-hydrogen) atoms. The van der Waals surface area contributed by atoms with E-state index in [-0.39, 0.29) is 23.8 Å². The first-order valence-electron chi connectivity index (χ1n) is 11.2. The van der Waals surface area contributed by atoms with Gasteiger partial charge in [-0.1, -0.05) is 37.3 Å². The Morgan fingerprint density at radius 3 is 2.37 bits per heavy atom. The summed E-state index contributed by atoms with van der Waals surface area (Å²) in [4.78, 5) is 43.4. The van der Waals surface area contributed by atoms with Gasteiger partial charge in [-0.05, 0) is 37.2 Å². The lowest BCUT2D eigenvalue weighted by Crippen LogP contribution is -2.54. The minimum absolute atomic E-state index is 0.0566. The number of piperidine rings is 2. The molecule has 0 radical (unpaired) electrons. The molecule has 0 aromatic heterocycles. The average molecular weight is 413 g/mol. The van der Waals surface area contributed by atoms with Crippen molar-refractivity contribution in [2.75, 3.05) is 32.7 Å². The highest BCUT2D eigenvalue weighted by Gasteiger charge is 2.52. The molecule has 1 aromatic rings. The molecule has 0 saturated carbocycles. The summed E-state index contributed by atoms with van der Waals surface area (Å²) in [7, 11) is 0. The summed E-state index contributed by atoms with van der Waals surface area (Å²) in [5.41, 5.74) is 0.535. The second-order valence-electron chi connectivity index (χ2n) is 8.87. The molecule has 1 N–H and O–H groups in total. The number of carbonyl (C=O) groups is 3. The number of benzene rings is 1. The number of nitrogens with one attached hydrogen (secondary N) is 1. The fourth-order valence-electron chi connectivity index (χ4n) is 4.96. The molecule has 3 heterocycles. The van der Waals surface area contributed by atoms with E-state index in [0.29, 0.717) is 25.8 Å². The molecule has 4 rings (SSSR count). The lowest BCUT2D eigenvalue weighted by Gasteiger charge is -2.37. The lowest BCUT2D eigenvalue weighted by atomic mass is 9.87. The van der Waals surface area contributed by atoms with Gasteiger partial charge in [0.1, 0.15) is 5.54 Å². The van der Waals surface area contributed by atoms with Crippen molar-refractivity contribution in [3.8, 4) is 0 Å². The van der Waals surface area contributed by atoms with Gasteiger partial charge in [0.2, 0.25) is 5.91 Å². The van der Waals surface area contributed by atoms with Crippen LogP contribution >= 0.6 is 0 Å². The second-order valence-corrected chi connectivity index (χ2v) is 8.87. The first kappa shape index (κ1) is 20.8. The summed E-state index contributed by atoms with van der Waals surface area (Å²) < 4.78 is 0. The molecule has 7 nitrogen and oxygen atoms in total. The van der Waals surface area contributed by atoms with Gasteiger partial charge in [-0.3, -0.25) is 19.4 Å². The van der Waals surface area contributed by atoms with Gasteiger partial charge in [0.05, 0.1) is 0 Å². The molecule has 3 fully saturated rings. The van der Waals surface area contributed by atoms with Gasteiger partial charge in [0, 0.05) is 45.7 Å². The number of hydrogen-bond acceptors (Lipinski definition) is 4. The number of likely N-dealkylation sites (tertiary alicyclic amines) is 2. The lowest BCUT2D eigenvalue weighted by molar-refractivity contribution is -0.135. The molecule has 3 aliphatic rings. The highest BCUT2D eigenvalue weighted by Crippen LogP contribution is 2.31. The van der Waals surface area contributed by atoms with Crippen LogP contribution in [-0.2, 0) is 16.1 Å². The summed E-state index contributed by atoms with van der Waals surface area (Å²) in [6.07, 6.45) is 3.54. The second kappa shape index (κ2) is 8.76. The standard InChI is InChI=1S/C23H32N4O3/c1-2-20(28)26-12-8-19(9-13-26)17-27-21(29)23(24-22(27)30)10-14-25(15-11-23)16-18-6-4-3-5-7-18/h3-7,19H,2,8-17H2,1H3,(H,24,30). The number of hydrogen-bond donors (Lipinski definition) is 1. The molecule has 1 aromatic carbocycles. The Morgan fingerprint density at radius 1 is 1.07 bits per heavy atom. The number of carbonyl (C=O) groups excluding carboxylic acids is 3. The normalized spacial score (nSPS) is 22.6. The van der Waals surface area contributed by atoms with Gasteiger partial charge in [0.25, 0.3) is 5.91 Å². The number of rotatable bonds is 5. The molecule has 3 aliphatic heterocycles. The molecule has 3 saturated heterocycles. The van der Waals surface area contributed by atoms with E-state index in [4.69, 9.17) is 0 Å². The van der Waals surface area contributed by atoms with E-state index in [1.165, 1.54) is 10.5 Å². The van der Waals surface area contributed by atoms with Crippen LogP contribution in [0.3, 0.4) is 0 Å². The van der Waals surface area contributed by atoms with Crippen molar-refractivity contribution in [3.63, 3.8) is 0 Å². The van der Waals surface area contributed by atoms with Crippen molar-refractivity contribution < 1.29 is 14.4 Å². The minimum atomic E-state index is -0.733. The molecular weight excluding hydrogens is 380 g/mol. The topological polar surface area (TPSA) is 73.0 Å². The fraction of sp³-hybridized carbons (Fsp3) is 0.609. The zero-order chi connectivity index (χ0) is 21.1.